The predicted molar refractivity (Wildman–Crippen MR) is 55.0 cm³/mol. The monoisotopic (exact) mass is 328 g/mol. The molecule has 0 aliphatic rings. The Kier molecular flexibility index (Phi) is 3.50. The molecule has 0 aromatic carbocycles. The smallest absolute Gasteiger partial charge is 0.266 e. The van der Waals surface area contributed by atoms with Crippen LogP contribution < -0.4 is 5.56 Å². The summed E-state index contributed by atoms with van der Waals surface area (Å²) in [5.41, 5.74) is 0.0278. The van der Waals surface area contributed by atoms with E-state index >= 15 is 0 Å². The fourth-order valence-corrected chi connectivity index (χ4v) is 1.53. The molecule has 60 valence electrons. The molecule has 0 radical (unpaired) electrons. The average molecular weight is 329 g/mol. The van der Waals surface area contributed by atoms with Gasteiger partial charge in [0.25, 0.3) is 5.56 Å². The maximum atomic E-state index is 11.3. The van der Waals surface area contributed by atoms with E-state index in [0.717, 1.165) is 5.33 Å². The summed E-state index contributed by atoms with van der Waals surface area (Å²) in [6.07, 6.45) is 3.11. The van der Waals surface area contributed by atoms with E-state index < -0.39 is 0 Å². The molecule has 0 aliphatic heterocycles. The summed E-state index contributed by atoms with van der Waals surface area (Å²) < 4.78 is 2.24. The van der Waals surface area contributed by atoms with Crippen molar-refractivity contribution in [2.24, 2.45) is 0 Å². The van der Waals surface area contributed by atoms with Crippen LogP contribution in [-0.4, -0.2) is 14.9 Å². The molecule has 3 nitrogen and oxygen atoms in total. The van der Waals surface area contributed by atoms with Crippen molar-refractivity contribution in [2.75, 3.05) is 5.33 Å². The lowest BCUT2D eigenvalue weighted by molar-refractivity contribution is 0.711. The van der Waals surface area contributed by atoms with Crippen LogP contribution in [0.15, 0.2) is 17.3 Å². The molecule has 0 bridgehead atoms. The summed E-state index contributed by atoms with van der Waals surface area (Å²) in [5, 5.41) is 0.772. The van der Waals surface area contributed by atoms with Gasteiger partial charge in [0.05, 0.1) is 9.90 Å². The molecule has 0 unspecified atom stereocenters. The molecule has 0 N–H and O–H groups in total. The summed E-state index contributed by atoms with van der Waals surface area (Å²) in [6, 6.07) is 0. The molecule has 1 heterocycles. The number of halogens is 2. The van der Waals surface area contributed by atoms with Crippen molar-refractivity contribution >= 4 is 38.5 Å². The van der Waals surface area contributed by atoms with Gasteiger partial charge in [-0.3, -0.25) is 9.36 Å². The summed E-state index contributed by atoms with van der Waals surface area (Å²) in [7, 11) is 0. The molecule has 0 amide bonds. The van der Waals surface area contributed by atoms with Crippen LogP contribution in [0.1, 0.15) is 0 Å². The van der Waals surface area contributed by atoms with Gasteiger partial charge >= 0.3 is 0 Å². The first kappa shape index (κ1) is 9.18. The Hall–Kier alpha value is 0.0900. The van der Waals surface area contributed by atoms with Crippen molar-refractivity contribution in [3.63, 3.8) is 0 Å². The van der Waals surface area contributed by atoms with Crippen LogP contribution in [0.5, 0.6) is 0 Å². The van der Waals surface area contributed by atoms with Crippen LogP contribution in [0.4, 0.5) is 0 Å². The molecule has 0 atom stereocenters. The maximum Gasteiger partial charge on any atom is 0.266 e. The van der Waals surface area contributed by atoms with E-state index in [1.165, 1.54) is 0 Å². The Morgan fingerprint density at radius 2 is 2.45 bits per heavy atom. The molecule has 0 aliphatic carbocycles. The fraction of sp³-hybridized carbons (Fsp3) is 0.333. The van der Waals surface area contributed by atoms with Gasteiger partial charge in [0, 0.05) is 18.1 Å². The third-order valence-electron chi connectivity index (χ3n) is 1.18. The van der Waals surface area contributed by atoms with Crippen molar-refractivity contribution in [3.8, 4) is 0 Å². The Morgan fingerprint density at radius 1 is 1.73 bits per heavy atom. The summed E-state index contributed by atoms with van der Waals surface area (Å²) >= 11 is 5.23. The average Bonchev–Trinajstić information content (AvgIpc) is 1.99. The van der Waals surface area contributed by atoms with Crippen molar-refractivity contribution in [3.05, 3.63) is 26.4 Å². The van der Waals surface area contributed by atoms with E-state index in [9.17, 15) is 4.79 Å². The standard InChI is InChI=1S/C6H6BrIN2O/c7-1-2-10-4-9-3-5(8)6(10)11/h3-4H,1-2H2. The van der Waals surface area contributed by atoms with Gasteiger partial charge in [0.2, 0.25) is 0 Å². The second-order valence-corrected chi connectivity index (χ2v) is 3.88. The molecule has 1 aromatic rings. The fourth-order valence-electron chi connectivity index (χ4n) is 0.674. The summed E-state index contributed by atoms with van der Waals surface area (Å²) in [4.78, 5) is 15.2. The van der Waals surface area contributed by atoms with Crippen molar-refractivity contribution in [1.82, 2.24) is 9.55 Å². The lowest BCUT2D eigenvalue weighted by atomic mass is 10.6. The number of hydrogen-bond acceptors (Lipinski definition) is 2. The van der Waals surface area contributed by atoms with E-state index in [4.69, 9.17) is 0 Å². The van der Waals surface area contributed by atoms with E-state index in [-0.39, 0.29) is 5.56 Å². The maximum absolute atomic E-state index is 11.3. The molecule has 0 saturated carbocycles. The largest absolute Gasteiger partial charge is 0.298 e. The first-order valence-corrected chi connectivity index (χ1v) is 5.21. The van der Waals surface area contributed by atoms with Gasteiger partial charge in [-0.1, -0.05) is 15.9 Å². The number of hydrogen-bond donors (Lipinski definition) is 0. The van der Waals surface area contributed by atoms with Gasteiger partial charge in [-0.05, 0) is 22.6 Å². The highest BCUT2D eigenvalue weighted by atomic mass is 127. The van der Waals surface area contributed by atoms with Crippen molar-refractivity contribution in [1.29, 1.82) is 0 Å². The number of rotatable bonds is 2. The predicted octanol–water partition coefficient (Wildman–Crippen LogP) is 1.24. The van der Waals surface area contributed by atoms with Gasteiger partial charge < -0.3 is 0 Å². The van der Waals surface area contributed by atoms with Gasteiger partial charge in [-0.25, -0.2) is 4.98 Å². The molecular formula is C6H6BrIN2O. The molecular weight excluding hydrogens is 323 g/mol. The van der Waals surface area contributed by atoms with Gasteiger partial charge in [-0.15, -0.1) is 0 Å². The molecule has 1 rings (SSSR count). The Balaban J connectivity index is 3.07. The van der Waals surface area contributed by atoms with Crippen LogP contribution in [0.2, 0.25) is 0 Å². The minimum Gasteiger partial charge on any atom is -0.298 e. The summed E-state index contributed by atoms with van der Waals surface area (Å²) in [5.74, 6) is 0. The second kappa shape index (κ2) is 4.20. The molecule has 0 spiro atoms. The zero-order valence-electron chi connectivity index (χ0n) is 5.63. The molecule has 5 heteroatoms. The van der Waals surface area contributed by atoms with Crippen LogP contribution in [0, 0.1) is 3.57 Å². The Morgan fingerprint density at radius 3 is 3.09 bits per heavy atom. The Bertz CT molecular complexity index is 299. The quantitative estimate of drug-likeness (QED) is 0.605. The first-order chi connectivity index (χ1) is 5.25. The minimum absolute atomic E-state index is 0.0278. The van der Waals surface area contributed by atoms with Crippen LogP contribution in [0.25, 0.3) is 0 Å². The summed E-state index contributed by atoms with van der Waals surface area (Å²) in [6.45, 7) is 0.669. The molecule has 1 aromatic heterocycles. The number of aromatic nitrogens is 2. The Labute approximate surface area is 86.1 Å². The van der Waals surface area contributed by atoms with Crippen molar-refractivity contribution < 1.29 is 0 Å². The van der Waals surface area contributed by atoms with Gasteiger partial charge in [-0.2, -0.15) is 0 Å². The van der Waals surface area contributed by atoms with E-state index in [2.05, 4.69) is 20.9 Å². The lowest BCUT2D eigenvalue weighted by Gasteiger charge is -2.00. The first-order valence-electron chi connectivity index (χ1n) is 3.01. The number of aryl methyl sites for hydroxylation is 1. The highest BCUT2D eigenvalue weighted by Crippen LogP contribution is 1.93. The van der Waals surface area contributed by atoms with Gasteiger partial charge in [0.15, 0.2) is 0 Å². The second-order valence-electron chi connectivity index (χ2n) is 1.93. The SMILES string of the molecule is O=c1c(I)cncn1CCBr. The van der Waals surface area contributed by atoms with E-state index in [1.807, 2.05) is 22.6 Å². The number of nitrogens with zero attached hydrogens (tertiary/aromatic N) is 2. The molecule has 0 fully saturated rings. The van der Waals surface area contributed by atoms with Crippen LogP contribution in [0.3, 0.4) is 0 Å². The van der Waals surface area contributed by atoms with Crippen LogP contribution in [-0.2, 0) is 6.54 Å². The highest BCUT2D eigenvalue weighted by molar-refractivity contribution is 14.1. The third-order valence-corrected chi connectivity index (χ3v) is 2.28. The van der Waals surface area contributed by atoms with E-state index in [1.54, 1.807) is 17.1 Å². The molecule has 11 heavy (non-hydrogen) atoms. The third kappa shape index (κ3) is 2.26. The topological polar surface area (TPSA) is 34.9 Å². The normalized spacial score (nSPS) is 10.0. The zero-order valence-corrected chi connectivity index (χ0v) is 9.37. The minimum atomic E-state index is 0.0278. The van der Waals surface area contributed by atoms with Gasteiger partial charge in [0.1, 0.15) is 0 Å². The van der Waals surface area contributed by atoms with Crippen LogP contribution >= 0.6 is 38.5 Å². The molecule has 0 saturated heterocycles. The van der Waals surface area contributed by atoms with Crippen molar-refractivity contribution in [2.45, 2.75) is 6.54 Å². The number of alkyl halides is 1. The lowest BCUT2D eigenvalue weighted by Crippen LogP contribution is -2.22. The zero-order chi connectivity index (χ0) is 8.27. The highest BCUT2D eigenvalue weighted by Gasteiger charge is 1.97. The van der Waals surface area contributed by atoms with E-state index in [0.29, 0.717) is 10.1 Å².